The number of rotatable bonds is 3. The molecule has 0 spiro atoms. The molecular weight excluding hydrogens is 284 g/mol. The molecule has 2 atom stereocenters. The highest BCUT2D eigenvalue weighted by Crippen LogP contribution is 2.28. The standard InChI is InChI=1S/C16H24N2O2S/c1-21(19,20)15-8-6-14(7-9-15)18-11-3-4-13(12-18)16-5-2-10-17-16/h6-9,13,16-17H,2-5,10-12H2,1H3. The number of nitrogens with zero attached hydrogens (tertiary/aromatic N) is 1. The monoisotopic (exact) mass is 308 g/mol. The fraction of sp³-hybridized carbons (Fsp3) is 0.625. The highest BCUT2D eigenvalue weighted by atomic mass is 32.2. The SMILES string of the molecule is CS(=O)(=O)c1ccc(N2CCCC(C3CCCN3)C2)cc1. The maximum absolute atomic E-state index is 11.5. The average Bonchev–Trinajstić information content (AvgIpc) is 3.01. The van der Waals surface area contributed by atoms with E-state index in [1.54, 1.807) is 12.1 Å². The van der Waals surface area contributed by atoms with E-state index in [1.807, 2.05) is 12.1 Å². The van der Waals surface area contributed by atoms with Crippen LogP contribution in [-0.2, 0) is 9.84 Å². The molecule has 1 aromatic carbocycles. The summed E-state index contributed by atoms with van der Waals surface area (Å²) in [6.07, 6.45) is 6.37. The van der Waals surface area contributed by atoms with Crippen LogP contribution in [0, 0.1) is 5.92 Å². The number of nitrogens with one attached hydrogen (secondary N) is 1. The fourth-order valence-electron chi connectivity index (χ4n) is 3.59. The van der Waals surface area contributed by atoms with E-state index in [1.165, 1.54) is 31.9 Å². The zero-order valence-corrected chi connectivity index (χ0v) is 13.4. The summed E-state index contributed by atoms with van der Waals surface area (Å²) in [5.41, 5.74) is 1.14. The Bertz CT molecular complexity index is 577. The van der Waals surface area contributed by atoms with Crippen molar-refractivity contribution in [2.75, 3.05) is 30.8 Å². The third-order valence-electron chi connectivity index (χ3n) is 4.76. The van der Waals surface area contributed by atoms with Gasteiger partial charge in [0.05, 0.1) is 4.90 Å². The van der Waals surface area contributed by atoms with Crippen molar-refractivity contribution in [1.82, 2.24) is 5.32 Å². The summed E-state index contributed by atoms with van der Waals surface area (Å²) >= 11 is 0. The van der Waals surface area contributed by atoms with Crippen LogP contribution in [0.15, 0.2) is 29.2 Å². The lowest BCUT2D eigenvalue weighted by molar-refractivity contribution is 0.329. The van der Waals surface area contributed by atoms with Crippen LogP contribution in [-0.4, -0.2) is 40.3 Å². The predicted octanol–water partition coefficient (Wildman–Crippen LogP) is 2.06. The molecule has 0 radical (unpaired) electrons. The van der Waals surface area contributed by atoms with Crippen molar-refractivity contribution in [3.8, 4) is 0 Å². The largest absolute Gasteiger partial charge is 0.371 e. The number of hydrogen-bond donors (Lipinski definition) is 1. The van der Waals surface area contributed by atoms with E-state index >= 15 is 0 Å². The van der Waals surface area contributed by atoms with Crippen molar-refractivity contribution in [2.24, 2.45) is 5.92 Å². The summed E-state index contributed by atoms with van der Waals surface area (Å²) in [6, 6.07) is 8.01. The summed E-state index contributed by atoms with van der Waals surface area (Å²) in [4.78, 5) is 2.80. The molecule has 0 amide bonds. The van der Waals surface area contributed by atoms with Gasteiger partial charge in [-0.15, -0.1) is 0 Å². The Hall–Kier alpha value is -1.07. The van der Waals surface area contributed by atoms with Gasteiger partial charge in [0.1, 0.15) is 0 Å². The molecular formula is C16H24N2O2S. The van der Waals surface area contributed by atoms with Gasteiger partial charge in [-0.3, -0.25) is 0 Å². The molecule has 0 aliphatic carbocycles. The number of sulfone groups is 1. The molecule has 5 heteroatoms. The van der Waals surface area contributed by atoms with Gasteiger partial charge in [-0.25, -0.2) is 8.42 Å². The minimum Gasteiger partial charge on any atom is -0.371 e. The molecule has 2 fully saturated rings. The molecule has 2 heterocycles. The molecule has 2 unspecified atom stereocenters. The van der Waals surface area contributed by atoms with Crippen LogP contribution in [0.2, 0.25) is 0 Å². The van der Waals surface area contributed by atoms with E-state index in [0.717, 1.165) is 31.2 Å². The number of piperidine rings is 1. The zero-order chi connectivity index (χ0) is 14.9. The van der Waals surface area contributed by atoms with Gasteiger partial charge in [-0.2, -0.15) is 0 Å². The third-order valence-corrected chi connectivity index (χ3v) is 5.88. The molecule has 3 rings (SSSR count). The lowest BCUT2D eigenvalue weighted by Gasteiger charge is -2.37. The average molecular weight is 308 g/mol. The highest BCUT2D eigenvalue weighted by Gasteiger charge is 2.29. The molecule has 1 N–H and O–H groups in total. The van der Waals surface area contributed by atoms with Crippen LogP contribution in [0.5, 0.6) is 0 Å². The van der Waals surface area contributed by atoms with Crippen LogP contribution in [0.25, 0.3) is 0 Å². The van der Waals surface area contributed by atoms with E-state index in [4.69, 9.17) is 0 Å². The normalized spacial score (nSPS) is 27.0. The van der Waals surface area contributed by atoms with Gasteiger partial charge in [0, 0.05) is 31.1 Å². The van der Waals surface area contributed by atoms with E-state index < -0.39 is 9.84 Å². The predicted molar refractivity (Wildman–Crippen MR) is 85.5 cm³/mol. The second-order valence-electron chi connectivity index (χ2n) is 6.32. The lowest BCUT2D eigenvalue weighted by Crippen LogP contribution is -2.43. The van der Waals surface area contributed by atoms with Gasteiger partial charge in [0.2, 0.25) is 0 Å². The fourth-order valence-corrected chi connectivity index (χ4v) is 4.22. The van der Waals surface area contributed by atoms with Crippen LogP contribution in [0.4, 0.5) is 5.69 Å². The Morgan fingerprint density at radius 2 is 1.90 bits per heavy atom. The minimum absolute atomic E-state index is 0.400. The van der Waals surface area contributed by atoms with Crippen molar-refractivity contribution in [3.63, 3.8) is 0 Å². The first kappa shape index (κ1) is 14.9. The molecule has 0 bridgehead atoms. The Morgan fingerprint density at radius 1 is 1.14 bits per heavy atom. The first-order chi connectivity index (χ1) is 10.0. The Labute approximate surface area is 127 Å². The van der Waals surface area contributed by atoms with Gasteiger partial charge in [0.15, 0.2) is 9.84 Å². The van der Waals surface area contributed by atoms with Crippen LogP contribution < -0.4 is 10.2 Å². The van der Waals surface area contributed by atoms with Gasteiger partial charge < -0.3 is 10.2 Å². The molecule has 21 heavy (non-hydrogen) atoms. The maximum atomic E-state index is 11.5. The van der Waals surface area contributed by atoms with Gasteiger partial charge in [0.25, 0.3) is 0 Å². The van der Waals surface area contributed by atoms with Gasteiger partial charge in [-0.1, -0.05) is 0 Å². The Balaban J connectivity index is 1.71. The van der Waals surface area contributed by atoms with Crippen molar-refractivity contribution in [1.29, 1.82) is 0 Å². The van der Waals surface area contributed by atoms with Crippen LogP contribution >= 0.6 is 0 Å². The molecule has 0 saturated carbocycles. The summed E-state index contributed by atoms with van der Waals surface area (Å²) in [5.74, 6) is 0.718. The van der Waals surface area contributed by atoms with E-state index in [9.17, 15) is 8.42 Å². The summed E-state index contributed by atoms with van der Waals surface area (Å²) in [7, 11) is -3.10. The van der Waals surface area contributed by atoms with Gasteiger partial charge in [-0.05, 0) is 62.4 Å². The molecule has 0 aromatic heterocycles. The first-order valence-electron chi connectivity index (χ1n) is 7.82. The zero-order valence-electron chi connectivity index (χ0n) is 12.6. The molecule has 2 saturated heterocycles. The van der Waals surface area contributed by atoms with Crippen molar-refractivity contribution in [2.45, 2.75) is 36.6 Å². The van der Waals surface area contributed by atoms with Crippen molar-refractivity contribution >= 4 is 15.5 Å². The smallest absolute Gasteiger partial charge is 0.175 e. The third kappa shape index (κ3) is 3.40. The Morgan fingerprint density at radius 3 is 2.52 bits per heavy atom. The van der Waals surface area contributed by atoms with Crippen molar-refractivity contribution in [3.05, 3.63) is 24.3 Å². The highest BCUT2D eigenvalue weighted by molar-refractivity contribution is 7.90. The van der Waals surface area contributed by atoms with Crippen LogP contribution in [0.3, 0.4) is 0 Å². The Kier molecular flexibility index (Phi) is 4.22. The second-order valence-corrected chi connectivity index (χ2v) is 8.33. The quantitative estimate of drug-likeness (QED) is 0.928. The molecule has 2 aliphatic heterocycles. The van der Waals surface area contributed by atoms with E-state index in [-0.39, 0.29) is 0 Å². The summed E-state index contributed by atoms with van der Waals surface area (Å²) in [6.45, 7) is 3.31. The lowest BCUT2D eigenvalue weighted by atomic mass is 9.89. The minimum atomic E-state index is -3.10. The van der Waals surface area contributed by atoms with Crippen molar-refractivity contribution < 1.29 is 8.42 Å². The summed E-state index contributed by atoms with van der Waals surface area (Å²) < 4.78 is 23.0. The number of benzene rings is 1. The maximum Gasteiger partial charge on any atom is 0.175 e. The molecule has 4 nitrogen and oxygen atoms in total. The molecule has 1 aromatic rings. The molecule has 116 valence electrons. The number of anilines is 1. The van der Waals surface area contributed by atoms with E-state index in [2.05, 4.69) is 10.2 Å². The van der Waals surface area contributed by atoms with Gasteiger partial charge >= 0.3 is 0 Å². The topological polar surface area (TPSA) is 49.4 Å². The first-order valence-corrected chi connectivity index (χ1v) is 9.71. The molecule has 2 aliphatic rings. The number of hydrogen-bond acceptors (Lipinski definition) is 4. The van der Waals surface area contributed by atoms with E-state index in [0.29, 0.717) is 10.9 Å². The van der Waals surface area contributed by atoms with Crippen LogP contribution in [0.1, 0.15) is 25.7 Å². The second kappa shape index (κ2) is 5.97. The summed E-state index contributed by atoms with van der Waals surface area (Å²) in [5, 5.41) is 3.62.